The lowest BCUT2D eigenvalue weighted by atomic mass is 10.1. The Labute approximate surface area is 185 Å². The highest BCUT2D eigenvalue weighted by atomic mass is 31.2. The molecule has 0 aliphatic carbocycles. The zero-order chi connectivity index (χ0) is 23.3. The van der Waals surface area contributed by atoms with Crippen molar-refractivity contribution < 1.29 is 23.4 Å². The predicted octanol–water partition coefficient (Wildman–Crippen LogP) is 1.54. The fraction of sp³-hybridized carbons (Fsp3) is 0.476. The van der Waals surface area contributed by atoms with Gasteiger partial charge in [0.15, 0.2) is 0 Å². The molecule has 11 heteroatoms. The zero-order valence-corrected chi connectivity index (χ0v) is 19.1. The molecule has 2 N–H and O–H groups in total. The van der Waals surface area contributed by atoms with Crippen LogP contribution >= 0.6 is 7.52 Å². The first-order valence-corrected chi connectivity index (χ1v) is 12.0. The van der Waals surface area contributed by atoms with Crippen molar-refractivity contribution >= 4 is 18.8 Å². The van der Waals surface area contributed by atoms with Gasteiger partial charge in [-0.15, -0.1) is 0 Å². The summed E-state index contributed by atoms with van der Waals surface area (Å²) in [5.41, 5.74) is -1.04. The number of ether oxygens (including phenoxy) is 2. The first-order chi connectivity index (χ1) is 15.2. The van der Waals surface area contributed by atoms with Crippen LogP contribution in [0.15, 0.2) is 52.2 Å². The SMILES string of the molecule is CC(C)OC(=O)CN[P@@](=O)(OCC1CC(C)C(n2ccc(=O)[nH]c2=O)O1)c1ccccc1. The van der Waals surface area contributed by atoms with Gasteiger partial charge < -0.3 is 14.0 Å². The monoisotopic (exact) mass is 465 g/mol. The number of aromatic nitrogens is 2. The second kappa shape index (κ2) is 10.4. The van der Waals surface area contributed by atoms with Crippen LogP contribution in [0.5, 0.6) is 0 Å². The van der Waals surface area contributed by atoms with Crippen molar-refractivity contribution in [2.45, 2.75) is 45.6 Å². The molecule has 1 aromatic carbocycles. The average Bonchev–Trinajstić information content (AvgIpc) is 3.11. The molecule has 0 amide bonds. The summed E-state index contributed by atoms with van der Waals surface area (Å²) in [5, 5.41) is 3.13. The molecule has 0 radical (unpaired) electrons. The highest BCUT2D eigenvalue weighted by Gasteiger charge is 2.36. The molecule has 1 aromatic heterocycles. The maximum absolute atomic E-state index is 13.6. The van der Waals surface area contributed by atoms with E-state index >= 15 is 0 Å². The summed E-state index contributed by atoms with van der Waals surface area (Å²) < 4.78 is 31.8. The summed E-state index contributed by atoms with van der Waals surface area (Å²) in [6.45, 7) is 5.08. The van der Waals surface area contributed by atoms with Crippen LogP contribution in [0.4, 0.5) is 0 Å². The van der Waals surface area contributed by atoms with E-state index in [1.807, 2.05) is 6.92 Å². The zero-order valence-electron chi connectivity index (χ0n) is 18.2. The normalized spacial score (nSPS) is 22.6. The number of rotatable bonds is 9. The van der Waals surface area contributed by atoms with Crippen molar-refractivity contribution in [2.24, 2.45) is 5.92 Å². The van der Waals surface area contributed by atoms with Crippen molar-refractivity contribution in [3.63, 3.8) is 0 Å². The Bertz CT molecular complexity index is 1080. The van der Waals surface area contributed by atoms with Gasteiger partial charge in [-0.3, -0.25) is 23.7 Å². The number of nitrogens with one attached hydrogen (secondary N) is 2. The Kier molecular flexibility index (Phi) is 7.84. The van der Waals surface area contributed by atoms with Gasteiger partial charge in [-0.1, -0.05) is 25.1 Å². The number of hydrogen-bond acceptors (Lipinski definition) is 7. The van der Waals surface area contributed by atoms with Crippen LogP contribution < -0.4 is 21.6 Å². The quantitative estimate of drug-likeness (QED) is 0.422. The van der Waals surface area contributed by atoms with Gasteiger partial charge in [-0.05, 0) is 32.4 Å². The molecule has 1 aliphatic rings. The van der Waals surface area contributed by atoms with E-state index in [4.69, 9.17) is 14.0 Å². The first-order valence-electron chi connectivity index (χ1n) is 10.4. The van der Waals surface area contributed by atoms with Gasteiger partial charge in [-0.2, -0.15) is 0 Å². The van der Waals surface area contributed by atoms with Crippen LogP contribution in [0.3, 0.4) is 0 Å². The van der Waals surface area contributed by atoms with E-state index in [1.165, 1.54) is 16.8 Å². The van der Waals surface area contributed by atoms with Crippen LogP contribution in [-0.2, 0) is 23.4 Å². The highest BCUT2D eigenvalue weighted by Crippen LogP contribution is 2.43. The highest BCUT2D eigenvalue weighted by molar-refractivity contribution is 7.65. The van der Waals surface area contributed by atoms with Crippen LogP contribution in [0.2, 0.25) is 0 Å². The summed E-state index contributed by atoms with van der Waals surface area (Å²) in [6, 6.07) is 9.81. The van der Waals surface area contributed by atoms with Crippen LogP contribution in [0.25, 0.3) is 0 Å². The van der Waals surface area contributed by atoms with E-state index in [0.29, 0.717) is 11.7 Å². The summed E-state index contributed by atoms with van der Waals surface area (Å²) in [7, 11) is -3.60. The molecule has 1 fully saturated rings. The Morgan fingerprint density at radius 1 is 1.28 bits per heavy atom. The van der Waals surface area contributed by atoms with Crippen molar-refractivity contribution in [3.8, 4) is 0 Å². The third-order valence-electron chi connectivity index (χ3n) is 4.92. The van der Waals surface area contributed by atoms with Gasteiger partial charge in [0.1, 0.15) is 12.8 Å². The Morgan fingerprint density at radius 3 is 2.66 bits per heavy atom. The topological polar surface area (TPSA) is 129 Å². The van der Waals surface area contributed by atoms with E-state index < -0.39 is 37.1 Å². The number of hydrogen-bond donors (Lipinski definition) is 2. The van der Waals surface area contributed by atoms with E-state index in [9.17, 15) is 18.9 Å². The maximum atomic E-state index is 13.6. The number of aromatic amines is 1. The molecule has 0 spiro atoms. The van der Waals surface area contributed by atoms with Gasteiger partial charge in [-0.25, -0.2) is 9.88 Å². The van der Waals surface area contributed by atoms with Crippen LogP contribution in [0, 0.1) is 5.92 Å². The third kappa shape index (κ3) is 6.04. The number of esters is 1. The van der Waals surface area contributed by atoms with Gasteiger partial charge in [0, 0.05) is 18.2 Å². The second-order valence-electron chi connectivity index (χ2n) is 7.94. The molecule has 1 saturated heterocycles. The third-order valence-corrected chi connectivity index (χ3v) is 6.98. The van der Waals surface area contributed by atoms with Gasteiger partial charge >= 0.3 is 11.7 Å². The van der Waals surface area contributed by atoms with Gasteiger partial charge in [0.2, 0.25) is 0 Å². The van der Waals surface area contributed by atoms with E-state index in [-0.39, 0.29) is 25.2 Å². The van der Waals surface area contributed by atoms with Crippen molar-refractivity contribution in [1.29, 1.82) is 0 Å². The summed E-state index contributed by atoms with van der Waals surface area (Å²) in [5.74, 6) is -0.583. The molecule has 4 atom stereocenters. The van der Waals surface area contributed by atoms with Crippen molar-refractivity contribution in [2.75, 3.05) is 13.2 Å². The lowest BCUT2D eigenvalue weighted by molar-refractivity contribution is -0.145. The summed E-state index contributed by atoms with van der Waals surface area (Å²) in [6.07, 6.45) is 0.638. The summed E-state index contributed by atoms with van der Waals surface area (Å²) in [4.78, 5) is 37.6. The molecule has 10 nitrogen and oxygen atoms in total. The fourth-order valence-corrected chi connectivity index (χ4v) is 5.19. The number of carbonyl (C=O) groups excluding carboxylic acids is 1. The molecule has 0 bridgehead atoms. The predicted molar refractivity (Wildman–Crippen MR) is 118 cm³/mol. The molecule has 1 aliphatic heterocycles. The second-order valence-corrected chi connectivity index (χ2v) is 10.1. The molecule has 174 valence electrons. The average molecular weight is 465 g/mol. The van der Waals surface area contributed by atoms with E-state index in [2.05, 4.69) is 10.1 Å². The molecule has 3 unspecified atom stereocenters. The van der Waals surface area contributed by atoms with E-state index in [0.717, 1.165) is 0 Å². The van der Waals surface area contributed by atoms with Crippen molar-refractivity contribution in [3.05, 3.63) is 63.4 Å². The van der Waals surface area contributed by atoms with Crippen LogP contribution in [-0.4, -0.2) is 40.9 Å². The molecule has 0 saturated carbocycles. The Hall–Kier alpha value is -2.52. The number of benzene rings is 1. The Balaban J connectivity index is 1.69. The van der Waals surface area contributed by atoms with Gasteiger partial charge in [0.25, 0.3) is 13.1 Å². The standard InChI is InChI=1S/C21H28N3O7P/c1-14(2)30-19(26)12-22-32(28,17-7-5-4-6-8-17)29-13-16-11-15(3)20(31-16)24-10-9-18(25)23-21(24)27/h4-10,14-16,20H,11-13H2,1-3H3,(H,22,28)(H,23,25,27)/t15?,16?,20?,32-/m0/s1. The fourth-order valence-electron chi connectivity index (χ4n) is 3.49. The minimum Gasteiger partial charge on any atom is -0.462 e. The smallest absolute Gasteiger partial charge is 0.330 e. The number of nitrogens with zero attached hydrogens (tertiary/aromatic N) is 1. The molecule has 2 heterocycles. The lowest BCUT2D eigenvalue weighted by Crippen LogP contribution is -2.33. The first kappa shape index (κ1) is 24.1. The minimum absolute atomic E-state index is 0.0165. The van der Waals surface area contributed by atoms with Crippen molar-refractivity contribution in [1.82, 2.24) is 14.6 Å². The lowest BCUT2D eigenvalue weighted by Gasteiger charge is -2.22. The molecule has 2 aromatic rings. The molecule has 3 rings (SSSR count). The Morgan fingerprint density at radius 2 is 2.00 bits per heavy atom. The molecular formula is C21H28N3O7P. The number of carbonyl (C=O) groups is 1. The molecule has 32 heavy (non-hydrogen) atoms. The van der Waals surface area contributed by atoms with Gasteiger partial charge in [0.05, 0.1) is 24.1 Å². The van der Waals surface area contributed by atoms with E-state index in [1.54, 1.807) is 44.2 Å². The minimum atomic E-state index is -3.60. The number of H-pyrrole nitrogens is 1. The van der Waals surface area contributed by atoms with Crippen LogP contribution in [0.1, 0.15) is 33.4 Å². The largest absolute Gasteiger partial charge is 0.462 e. The summed E-state index contributed by atoms with van der Waals surface area (Å²) >= 11 is 0. The molecular weight excluding hydrogens is 437 g/mol. The maximum Gasteiger partial charge on any atom is 0.330 e.